The van der Waals surface area contributed by atoms with Gasteiger partial charge in [-0.05, 0) is 13.0 Å². The van der Waals surface area contributed by atoms with Crippen LogP contribution in [0.15, 0.2) is 24.7 Å². The Morgan fingerprint density at radius 1 is 1.61 bits per heavy atom. The molecular formula is C10H14N6O2. The monoisotopic (exact) mass is 250 g/mol. The van der Waals surface area contributed by atoms with Crippen molar-refractivity contribution in [2.24, 2.45) is 7.05 Å². The summed E-state index contributed by atoms with van der Waals surface area (Å²) in [4.78, 5) is 10.4. The van der Waals surface area contributed by atoms with Crippen LogP contribution in [0.1, 0.15) is 6.92 Å². The molecule has 8 heteroatoms. The quantitative estimate of drug-likeness (QED) is 0.632. The van der Waals surface area contributed by atoms with Gasteiger partial charge in [0, 0.05) is 25.5 Å². The lowest BCUT2D eigenvalue weighted by Gasteiger charge is -2.12. The lowest BCUT2D eigenvalue weighted by atomic mass is 10.3. The van der Waals surface area contributed by atoms with Gasteiger partial charge in [-0.2, -0.15) is 5.10 Å². The van der Waals surface area contributed by atoms with Crippen molar-refractivity contribution < 1.29 is 4.92 Å². The van der Waals surface area contributed by atoms with Gasteiger partial charge in [0.2, 0.25) is 5.82 Å². The first-order valence-electron chi connectivity index (χ1n) is 5.48. The highest BCUT2D eigenvalue weighted by Crippen LogP contribution is 2.22. The Balaban J connectivity index is 2.06. The summed E-state index contributed by atoms with van der Waals surface area (Å²) in [7, 11) is 1.65. The van der Waals surface area contributed by atoms with E-state index in [0.29, 0.717) is 6.54 Å². The predicted octanol–water partition coefficient (Wildman–Crippen LogP) is 1.03. The predicted molar refractivity (Wildman–Crippen MR) is 65.2 cm³/mol. The normalized spacial score (nSPS) is 12.3. The maximum Gasteiger partial charge on any atom is 0.330 e. The molecule has 2 aromatic rings. The molecule has 1 N–H and O–H groups in total. The zero-order valence-corrected chi connectivity index (χ0v) is 10.1. The fourth-order valence-corrected chi connectivity index (χ4v) is 1.68. The summed E-state index contributed by atoms with van der Waals surface area (Å²) in [6.45, 7) is 2.53. The molecule has 0 aromatic carbocycles. The summed E-state index contributed by atoms with van der Waals surface area (Å²) in [5, 5.41) is 22.0. The number of nitrogens with one attached hydrogen (secondary N) is 1. The van der Waals surface area contributed by atoms with Crippen molar-refractivity contribution in [2.45, 2.75) is 19.5 Å². The van der Waals surface area contributed by atoms with Gasteiger partial charge >= 0.3 is 5.69 Å². The summed E-state index contributed by atoms with van der Waals surface area (Å²) < 4.78 is 3.17. The van der Waals surface area contributed by atoms with Crippen LogP contribution in [-0.4, -0.2) is 30.5 Å². The second-order valence-corrected chi connectivity index (χ2v) is 4.07. The molecule has 0 aliphatic rings. The molecule has 0 radical (unpaired) electrons. The van der Waals surface area contributed by atoms with Gasteiger partial charge < -0.3 is 5.32 Å². The van der Waals surface area contributed by atoms with Gasteiger partial charge in [-0.1, -0.05) is 0 Å². The molecule has 0 saturated heterocycles. The number of aromatic nitrogens is 4. The van der Waals surface area contributed by atoms with Crippen molar-refractivity contribution >= 4 is 11.5 Å². The lowest BCUT2D eigenvalue weighted by Crippen LogP contribution is -2.23. The molecule has 2 aromatic heterocycles. The number of aryl methyl sites for hydroxylation is 1. The Kier molecular flexibility index (Phi) is 3.26. The minimum atomic E-state index is -0.448. The minimum absolute atomic E-state index is 0.0153. The van der Waals surface area contributed by atoms with Crippen LogP contribution >= 0.6 is 0 Å². The second-order valence-electron chi connectivity index (χ2n) is 4.07. The summed E-state index contributed by atoms with van der Waals surface area (Å²) >= 11 is 0. The fraction of sp³-hybridized carbons (Fsp3) is 0.400. The van der Waals surface area contributed by atoms with Crippen molar-refractivity contribution in [3.8, 4) is 0 Å². The van der Waals surface area contributed by atoms with E-state index in [0.717, 1.165) is 0 Å². The van der Waals surface area contributed by atoms with E-state index in [-0.39, 0.29) is 17.5 Å². The summed E-state index contributed by atoms with van der Waals surface area (Å²) in [5.41, 5.74) is -0.0233. The number of nitrogens with zero attached hydrogens (tertiary/aromatic N) is 5. The van der Waals surface area contributed by atoms with Gasteiger partial charge in [0.05, 0.1) is 11.5 Å². The van der Waals surface area contributed by atoms with Crippen LogP contribution in [-0.2, 0) is 13.6 Å². The van der Waals surface area contributed by atoms with Crippen LogP contribution in [0.2, 0.25) is 0 Å². The molecule has 96 valence electrons. The van der Waals surface area contributed by atoms with Crippen LogP contribution in [0, 0.1) is 10.1 Å². The maximum atomic E-state index is 10.8. The average Bonchev–Trinajstić information content (AvgIpc) is 2.88. The van der Waals surface area contributed by atoms with Gasteiger partial charge in [0.25, 0.3) is 0 Å². The fourth-order valence-electron chi connectivity index (χ4n) is 1.68. The highest BCUT2D eigenvalue weighted by molar-refractivity contribution is 5.54. The molecule has 0 spiro atoms. The first-order chi connectivity index (χ1) is 8.56. The van der Waals surface area contributed by atoms with Gasteiger partial charge in [-0.25, -0.2) is 0 Å². The molecule has 0 amide bonds. The zero-order valence-electron chi connectivity index (χ0n) is 10.1. The standard InChI is InChI=1S/C10H14N6O2/c1-8(6-15-5-3-4-11-15)12-10-9(16(17)18)7-14(2)13-10/h3-5,7-8H,6H2,1-2H3,(H,12,13). The highest BCUT2D eigenvalue weighted by atomic mass is 16.6. The van der Waals surface area contributed by atoms with Gasteiger partial charge in [0.1, 0.15) is 6.20 Å². The average molecular weight is 250 g/mol. The van der Waals surface area contributed by atoms with E-state index in [2.05, 4.69) is 15.5 Å². The third-order valence-electron chi connectivity index (χ3n) is 2.41. The first kappa shape index (κ1) is 12.1. The third kappa shape index (κ3) is 2.65. The van der Waals surface area contributed by atoms with E-state index < -0.39 is 4.92 Å². The minimum Gasteiger partial charge on any atom is -0.359 e. The molecule has 0 aliphatic heterocycles. The second kappa shape index (κ2) is 4.86. The SMILES string of the molecule is CC(Cn1cccn1)Nc1nn(C)cc1[N+](=O)[O-]. The Bertz CT molecular complexity index is 533. The molecular weight excluding hydrogens is 236 g/mol. The van der Waals surface area contributed by atoms with Crippen LogP contribution < -0.4 is 5.32 Å². The van der Waals surface area contributed by atoms with Gasteiger partial charge in [0.15, 0.2) is 0 Å². The molecule has 0 aliphatic carbocycles. The van der Waals surface area contributed by atoms with E-state index in [9.17, 15) is 10.1 Å². The number of hydrogen-bond acceptors (Lipinski definition) is 5. The van der Waals surface area contributed by atoms with Crippen LogP contribution in [0.4, 0.5) is 11.5 Å². The van der Waals surface area contributed by atoms with Crippen molar-refractivity contribution in [2.75, 3.05) is 5.32 Å². The van der Waals surface area contributed by atoms with Crippen LogP contribution in [0.5, 0.6) is 0 Å². The Labute approximate surface area is 103 Å². The molecule has 0 bridgehead atoms. The zero-order chi connectivity index (χ0) is 13.1. The Morgan fingerprint density at radius 2 is 2.39 bits per heavy atom. The van der Waals surface area contributed by atoms with E-state index in [4.69, 9.17) is 0 Å². The Morgan fingerprint density at radius 3 is 3.00 bits per heavy atom. The molecule has 2 rings (SSSR count). The van der Waals surface area contributed by atoms with E-state index in [1.54, 1.807) is 17.9 Å². The molecule has 1 unspecified atom stereocenters. The van der Waals surface area contributed by atoms with Gasteiger partial charge in [-0.15, -0.1) is 5.10 Å². The third-order valence-corrected chi connectivity index (χ3v) is 2.41. The molecule has 0 saturated carbocycles. The van der Waals surface area contributed by atoms with E-state index in [1.165, 1.54) is 10.9 Å². The number of nitro groups is 1. The number of rotatable bonds is 5. The van der Waals surface area contributed by atoms with Crippen molar-refractivity contribution in [3.05, 3.63) is 34.8 Å². The van der Waals surface area contributed by atoms with E-state index in [1.807, 2.05) is 19.2 Å². The summed E-state index contributed by atoms with van der Waals surface area (Å²) in [6, 6.07) is 1.81. The maximum absolute atomic E-state index is 10.8. The smallest absolute Gasteiger partial charge is 0.330 e. The first-order valence-corrected chi connectivity index (χ1v) is 5.48. The molecule has 2 heterocycles. The van der Waals surface area contributed by atoms with Crippen molar-refractivity contribution in [1.29, 1.82) is 0 Å². The molecule has 0 fully saturated rings. The topological polar surface area (TPSA) is 90.8 Å². The van der Waals surface area contributed by atoms with Crippen LogP contribution in [0.3, 0.4) is 0 Å². The Hall–Kier alpha value is -2.38. The molecule has 18 heavy (non-hydrogen) atoms. The lowest BCUT2D eigenvalue weighted by molar-refractivity contribution is -0.384. The van der Waals surface area contributed by atoms with E-state index >= 15 is 0 Å². The summed E-state index contributed by atoms with van der Waals surface area (Å²) in [5.74, 6) is 0.280. The van der Waals surface area contributed by atoms with Crippen LogP contribution in [0.25, 0.3) is 0 Å². The largest absolute Gasteiger partial charge is 0.359 e. The molecule has 1 atom stereocenters. The number of anilines is 1. The molecule has 8 nitrogen and oxygen atoms in total. The number of hydrogen-bond donors (Lipinski definition) is 1. The van der Waals surface area contributed by atoms with Crippen molar-refractivity contribution in [3.63, 3.8) is 0 Å². The van der Waals surface area contributed by atoms with Gasteiger partial charge in [-0.3, -0.25) is 19.5 Å². The highest BCUT2D eigenvalue weighted by Gasteiger charge is 2.19. The summed E-state index contributed by atoms with van der Waals surface area (Å²) in [6.07, 6.45) is 4.91. The van der Waals surface area contributed by atoms with Crippen molar-refractivity contribution in [1.82, 2.24) is 19.6 Å².